The molecule has 0 fully saturated rings. The molecule has 0 aromatic carbocycles. The Balaban J connectivity index is 1.92. The second-order valence-corrected chi connectivity index (χ2v) is 4.93. The average Bonchev–Trinajstić information content (AvgIpc) is 2.87. The molecule has 0 spiro atoms. The molecule has 4 nitrogen and oxygen atoms in total. The molecule has 0 N–H and O–H groups in total. The molecule has 0 saturated heterocycles. The standard InChI is InChI=1S/C13H12N4S/c1-17(9-10-8-14-5-6-15-10)12-2-4-16-11-3-7-18-13(11)12/h2-8H,9H2,1H3. The lowest BCUT2D eigenvalue weighted by Crippen LogP contribution is -2.17. The summed E-state index contributed by atoms with van der Waals surface area (Å²) in [5, 5.41) is 2.07. The van der Waals surface area contributed by atoms with Gasteiger partial charge in [-0.1, -0.05) is 0 Å². The molecule has 0 aliphatic heterocycles. The normalized spacial score (nSPS) is 10.7. The van der Waals surface area contributed by atoms with Gasteiger partial charge in [-0.15, -0.1) is 11.3 Å². The molecule has 0 amide bonds. The largest absolute Gasteiger partial charge is 0.367 e. The van der Waals surface area contributed by atoms with Gasteiger partial charge in [0.2, 0.25) is 0 Å². The summed E-state index contributed by atoms with van der Waals surface area (Å²) in [5.41, 5.74) is 3.19. The Morgan fingerprint density at radius 2 is 2.11 bits per heavy atom. The molecule has 0 bridgehead atoms. The summed E-state index contributed by atoms with van der Waals surface area (Å²) in [7, 11) is 2.06. The van der Waals surface area contributed by atoms with Crippen molar-refractivity contribution in [1.29, 1.82) is 0 Å². The van der Waals surface area contributed by atoms with Crippen molar-refractivity contribution in [3.63, 3.8) is 0 Å². The Hall–Kier alpha value is -2.01. The first-order chi connectivity index (χ1) is 8.84. The molecule has 3 heterocycles. The number of aromatic nitrogens is 3. The molecule has 0 atom stereocenters. The van der Waals surface area contributed by atoms with Gasteiger partial charge in [-0.25, -0.2) is 0 Å². The third-order valence-electron chi connectivity index (χ3n) is 2.75. The van der Waals surface area contributed by atoms with E-state index in [2.05, 4.69) is 32.3 Å². The predicted molar refractivity (Wildman–Crippen MR) is 73.8 cm³/mol. The van der Waals surface area contributed by atoms with Gasteiger partial charge in [0.05, 0.1) is 34.3 Å². The van der Waals surface area contributed by atoms with E-state index in [0.717, 1.165) is 17.8 Å². The molecule has 0 aliphatic rings. The zero-order valence-corrected chi connectivity index (χ0v) is 10.8. The highest BCUT2D eigenvalue weighted by Gasteiger charge is 2.08. The van der Waals surface area contributed by atoms with E-state index in [9.17, 15) is 0 Å². The Labute approximate surface area is 109 Å². The minimum atomic E-state index is 0.741. The van der Waals surface area contributed by atoms with E-state index < -0.39 is 0 Å². The summed E-state index contributed by atoms with van der Waals surface area (Å²) in [6.45, 7) is 0.741. The van der Waals surface area contributed by atoms with Gasteiger partial charge < -0.3 is 4.90 Å². The molecule has 0 unspecified atom stereocenters. The minimum absolute atomic E-state index is 0.741. The molecule has 0 radical (unpaired) electrons. The van der Waals surface area contributed by atoms with Gasteiger partial charge in [0, 0.05) is 25.6 Å². The van der Waals surface area contributed by atoms with Crippen molar-refractivity contribution in [2.45, 2.75) is 6.54 Å². The van der Waals surface area contributed by atoms with Crippen LogP contribution in [0, 0.1) is 0 Å². The fourth-order valence-electron chi connectivity index (χ4n) is 1.90. The zero-order valence-electron chi connectivity index (χ0n) is 9.95. The first-order valence-electron chi connectivity index (χ1n) is 5.63. The third kappa shape index (κ3) is 2.04. The number of hydrogen-bond acceptors (Lipinski definition) is 5. The smallest absolute Gasteiger partial charge is 0.0830 e. The summed E-state index contributed by atoms with van der Waals surface area (Å²) < 4.78 is 1.21. The summed E-state index contributed by atoms with van der Waals surface area (Å²) in [6.07, 6.45) is 7.05. The minimum Gasteiger partial charge on any atom is -0.367 e. The number of nitrogens with zero attached hydrogens (tertiary/aromatic N) is 4. The van der Waals surface area contributed by atoms with Gasteiger partial charge in [-0.3, -0.25) is 15.0 Å². The van der Waals surface area contributed by atoms with Crippen LogP contribution in [-0.2, 0) is 6.54 Å². The van der Waals surface area contributed by atoms with Crippen LogP contribution in [0.5, 0.6) is 0 Å². The first kappa shape index (κ1) is 11.1. The van der Waals surface area contributed by atoms with Crippen LogP contribution < -0.4 is 4.90 Å². The van der Waals surface area contributed by atoms with Crippen molar-refractivity contribution in [3.8, 4) is 0 Å². The Bertz CT molecular complexity index is 650. The van der Waals surface area contributed by atoms with Crippen molar-refractivity contribution < 1.29 is 0 Å². The van der Waals surface area contributed by atoms with Crippen LogP contribution in [-0.4, -0.2) is 22.0 Å². The summed E-state index contributed by atoms with van der Waals surface area (Å²) in [5.74, 6) is 0. The molecule has 90 valence electrons. The lowest BCUT2D eigenvalue weighted by molar-refractivity contribution is 0.876. The highest BCUT2D eigenvalue weighted by molar-refractivity contribution is 7.17. The number of anilines is 1. The van der Waals surface area contributed by atoms with Crippen LogP contribution in [0.1, 0.15) is 5.69 Å². The topological polar surface area (TPSA) is 41.9 Å². The monoisotopic (exact) mass is 256 g/mol. The number of thiophene rings is 1. The fourth-order valence-corrected chi connectivity index (χ4v) is 2.82. The maximum Gasteiger partial charge on any atom is 0.0830 e. The van der Waals surface area contributed by atoms with Crippen molar-refractivity contribution in [2.75, 3.05) is 11.9 Å². The summed E-state index contributed by atoms with van der Waals surface area (Å²) in [6, 6.07) is 4.08. The second-order valence-electron chi connectivity index (χ2n) is 4.02. The van der Waals surface area contributed by atoms with E-state index in [0.29, 0.717) is 0 Å². The van der Waals surface area contributed by atoms with E-state index in [1.165, 1.54) is 10.4 Å². The highest BCUT2D eigenvalue weighted by atomic mass is 32.1. The predicted octanol–water partition coefficient (Wildman–Crippen LogP) is 2.72. The van der Waals surface area contributed by atoms with E-state index >= 15 is 0 Å². The third-order valence-corrected chi connectivity index (χ3v) is 3.68. The van der Waals surface area contributed by atoms with Crippen molar-refractivity contribution in [3.05, 3.63) is 48.0 Å². The molecule has 3 rings (SSSR count). The Morgan fingerprint density at radius 3 is 2.94 bits per heavy atom. The Morgan fingerprint density at radius 1 is 1.17 bits per heavy atom. The van der Waals surface area contributed by atoms with E-state index in [-0.39, 0.29) is 0 Å². The van der Waals surface area contributed by atoms with Crippen molar-refractivity contribution >= 4 is 27.2 Å². The maximum absolute atomic E-state index is 4.35. The quantitative estimate of drug-likeness (QED) is 0.722. The lowest BCUT2D eigenvalue weighted by atomic mass is 10.3. The number of pyridine rings is 1. The molecular weight excluding hydrogens is 244 g/mol. The second kappa shape index (κ2) is 4.70. The molecule has 5 heteroatoms. The average molecular weight is 256 g/mol. The fraction of sp³-hybridized carbons (Fsp3) is 0.154. The van der Waals surface area contributed by atoms with Gasteiger partial charge in [0.1, 0.15) is 0 Å². The van der Waals surface area contributed by atoms with Crippen LogP contribution >= 0.6 is 11.3 Å². The van der Waals surface area contributed by atoms with Gasteiger partial charge in [-0.05, 0) is 17.5 Å². The zero-order chi connectivity index (χ0) is 12.4. The molecule has 18 heavy (non-hydrogen) atoms. The summed E-state index contributed by atoms with van der Waals surface area (Å²) >= 11 is 1.71. The van der Waals surface area contributed by atoms with Gasteiger partial charge in [0.15, 0.2) is 0 Å². The number of hydrogen-bond donors (Lipinski definition) is 0. The van der Waals surface area contributed by atoms with E-state index in [1.54, 1.807) is 29.9 Å². The molecule has 0 saturated carbocycles. The first-order valence-corrected chi connectivity index (χ1v) is 6.51. The van der Waals surface area contributed by atoms with E-state index in [4.69, 9.17) is 0 Å². The Kier molecular flexibility index (Phi) is 2.90. The number of rotatable bonds is 3. The van der Waals surface area contributed by atoms with Crippen LogP contribution in [0.4, 0.5) is 5.69 Å². The van der Waals surface area contributed by atoms with Crippen LogP contribution in [0.2, 0.25) is 0 Å². The SMILES string of the molecule is CN(Cc1cnccn1)c1ccnc2ccsc12. The maximum atomic E-state index is 4.35. The molecule has 0 aliphatic carbocycles. The van der Waals surface area contributed by atoms with Gasteiger partial charge in [0.25, 0.3) is 0 Å². The highest BCUT2D eigenvalue weighted by Crippen LogP contribution is 2.29. The molecular formula is C13H12N4S. The molecule has 3 aromatic heterocycles. The summed E-state index contributed by atoms with van der Waals surface area (Å²) in [4.78, 5) is 14.9. The van der Waals surface area contributed by atoms with Crippen molar-refractivity contribution in [1.82, 2.24) is 15.0 Å². The van der Waals surface area contributed by atoms with Crippen LogP contribution in [0.15, 0.2) is 42.3 Å². The van der Waals surface area contributed by atoms with Crippen molar-refractivity contribution in [2.24, 2.45) is 0 Å². The van der Waals surface area contributed by atoms with Gasteiger partial charge in [-0.2, -0.15) is 0 Å². The van der Waals surface area contributed by atoms with Crippen LogP contribution in [0.3, 0.4) is 0 Å². The van der Waals surface area contributed by atoms with E-state index in [1.807, 2.05) is 18.3 Å². The van der Waals surface area contributed by atoms with Gasteiger partial charge >= 0.3 is 0 Å². The molecule has 3 aromatic rings. The lowest BCUT2D eigenvalue weighted by Gasteiger charge is -2.19. The number of fused-ring (bicyclic) bond motifs is 1. The van der Waals surface area contributed by atoms with Crippen LogP contribution in [0.25, 0.3) is 10.2 Å².